The van der Waals surface area contributed by atoms with Gasteiger partial charge in [-0.25, -0.2) is 4.98 Å². The minimum Gasteiger partial charge on any atom is -0.458 e. The van der Waals surface area contributed by atoms with Crippen LogP contribution in [-0.4, -0.2) is 48.9 Å². The predicted molar refractivity (Wildman–Crippen MR) is 118 cm³/mol. The van der Waals surface area contributed by atoms with Gasteiger partial charge in [-0.1, -0.05) is 26.7 Å². The number of ether oxygens (including phenoxy) is 2. The average Bonchev–Trinajstić information content (AvgIpc) is 3.35. The van der Waals surface area contributed by atoms with Crippen molar-refractivity contribution in [3.63, 3.8) is 0 Å². The maximum Gasteiger partial charge on any atom is 0.312 e. The third-order valence-corrected chi connectivity index (χ3v) is 7.04. The van der Waals surface area contributed by atoms with Gasteiger partial charge in [-0.2, -0.15) is 14.4 Å². The lowest BCUT2D eigenvalue weighted by Gasteiger charge is -2.36. The summed E-state index contributed by atoms with van der Waals surface area (Å²) in [5.74, 6) is 2.37. The minimum atomic E-state index is -1.53. The number of anilines is 1. The van der Waals surface area contributed by atoms with E-state index in [2.05, 4.69) is 41.6 Å². The van der Waals surface area contributed by atoms with Crippen molar-refractivity contribution in [1.29, 1.82) is 0 Å². The molecule has 0 bridgehead atoms. The van der Waals surface area contributed by atoms with Gasteiger partial charge in [-0.15, -0.1) is 6.42 Å². The first-order valence-corrected chi connectivity index (χ1v) is 11.2. The highest BCUT2D eigenvalue weighted by atomic mass is 19.1. The van der Waals surface area contributed by atoms with Crippen LogP contribution in [0.1, 0.15) is 59.1 Å². The quantitative estimate of drug-likeness (QED) is 0.406. The fourth-order valence-electron chi connectivity index (χ4n) is 4.92. The number of rotatable bonds is 4. The zero-order chi connectivity index (χ0) is 24.0. The number of nitrogen functional groups attached to an aromatic ring is 1. The molecule has 2 aliphatic rings. The molecule has 1 aliphatic heterocycles. The Morgan fingerprint density at radius 3 is 2.70 bits per heavy atom. The highest BCUT2D eigenvalue weighted by Gasteiger charge is 2.51. The van der Waals surface area contributed by atoms with Crippen molar-refractivity contribution in [1.82, 2.24) is 19.5 Å². The number of carbonyl (C=O) groups excluding carboxylic acids is 1. The van der Waals surface area contributed by atoms with E-state index in [0.717, 1.165) is 25.7 Å². The zero-order valence-corrected chi connectivity index (χ0v) is 19.1. The number of nitrogens with two attached hydrogens (primary N) is 1. The second-order valence-corrected chi connectivity index (χ2v) is 10.0. The van der Waals surface area contributed by atoms with Crippen LogP contribution in [-0.2, 0) is 14.3 Å². The molecule has 1 aliphatic carbocycles. The Kier molecular flexibility index (Phi) is 6.05. The molecule has 10 heteroatoms. The summed E-state index contributed by atoms with van der Waals surface area (Å²) in [6.07, 6.45) is 7.99. The first-order chi connectivity index (χ1) is 15.6. The molecule has 0 amide bonds. The number of carbonyl (C=O) groups is 1. The molecule has 3 heterocycles. The summed E-state index contributed by atoms with van der Waals surface area (Å²) < 4.78 is 27.0. The van der Waals surface area contributed by atoms with Crippen molar-refractivity contribution in [2.75, 3.05) is 12.3 Å². The molecule has 2 fully saturated rings. The zero-order valence-electron chi connectivity index (χ0n) is 19.1. The molecule has 3 atom stereocenters. The van der Waals surface area contributed by atoms with Gasteiger partial charge in [0.25, 0.3) is 0 Å². The van der Waals surface area contributed by atoms with E-state index < -0.39 is 30.6 Å². The van der Waals surface area contributed by atoms with E-state index in [-0.39, 0.29) is 40.7 Å². The minimum absolute atomic E-state index is 0.103. The molecule has 1 saturated carbocycles. The number of esters is 1. The molecule has 33 heavy (non-hydrogen) atoms. The van der Waals surface area contributed by atoms with E-state index >= 15 is 0 Å². The third-order valence-electron chi connectivity index (χ3n) is 7.04. The van der Waals surface area contributed by atoms with Gasteiger partial charge in [0.2, 0.25) is 0 Å². The number of imidazole rings is 1. The van der Waals surface area contributed by atoms with Crippen LogP contribution in [0.5, 0.6) is 0 Å². The van der Waals surface area contributed by atoms with E-state index in [1.54, 1.807) is 0 Å². The number of aliphatic hydroxyl groups excluding tert-OH is 1. The Morgan fingerprint density at radius 1 is 1.39 bits per heavy atom. The number of fused-ring (bicyclic) bond motifs is 1. The summed E-state index contributed by atoms with van der Waals surface area (Å²) in [5, 5.41) is 10.1. The highest BCUT2D eigenvalue weighted by Crippen LogP contribution is 2.43. The summed E-state index contributed by atoms with van der Waals surface area (Å²) in [6.45, 7) is 6.12. The van der Waals surface area contributed by atoms with E-state index in [4.69, 9.17) is 21.6 Å². The summed E-state index contributed by atoms with van der Waals surface area (Å²) in [4.78, 5) is 24.4. The number of terminal acetylenes is 1. The Labute approximate surface area is 191 Å². The van der Waals surface area contributed by atoms with E-state index in [1.807, 2.05) is 0 Å². The van der Waals surface area contributed by atoms with Gasteiger partial charge >= 0.3 is 12.0 Å². The molecular weight excluding hydrogens is 429 g/mol. The van der Waals surface area contributed by atoms with Gasteiger partial charge in [0, 0.05) is 6.42 Å². The van der Waals surface area contributed by atoms with E-state index in [1.165, 1.54) is 10.9 Å². The van der Waals surface area contributed by atoms with E-state index in [9.17, 15) is 14.3 Å². The monoisotopic (exact) mass is 459 g/mol. The summed E-state index contributed by atoms with van der Waals surface area (Å²) in [7, 11) is 0. The Hall–Kier alpha value is -2.77. The molecule has 3 unspecified atom stereocenters. The van der Waals surface area contributed by atoms with Crippen molar-refractivity contribution in [2.24, 2.45) is 17.3 Å². The van der Waals surface area contributed by atoms with Crippen LogP contribution in [0.4, 0.5) is 10.2 Å². The standard InChI is InChI=1S/C23H30FN5O4/c1-5-23(11-30)15(32-20(31)13-6-8-14(9-7-13)22(2,3)4)10-16(33-23)29-12-26-17-18(25)27-21(24)28-19(17)29/h1,12-16,30H,6-11H2,2-4H3,(H2,25,27,28). The molecular formula is C23H30FN5O4. The Bertz CT molecular complexity index is 1080. The van der Waals surface area contributed by atoms with Crippen LogP contribution < -0.4 is 5.73 Å². The van der Waals surface area contributed by atoms with Gasteiger partial charge in [-0.05, 0) is 37.0 Å². The molecule has 3 N–H and O–H groups in total. The first kappa shape index (κ1) is 23.4. The van der Waals surface area contributed by atoms with Crippen LogP contribution >= 0.6 is 0 Å². The molecule has 1 saturated heterocycles. The summed E-state index contributed by atoms with van der Waals surface area (Å²) >= 11 is 0. The van der Waals surface area contributed by atoms with Crippen LogP contribution in [0.25, 0.3) is 11.2 Å². The number of aromatic nitrogens is 4. The lowest BCUT2D eigenvalue weighted by Crippen LogP contribution is -2.45. The van der Waals surface area contributed by atoms with Crippen LogP contribution in [0.3, 0.4) is 0 Å². The number of halogens is 1. The largest absolute Gasteiger partial charge is 0.458 e. The number of hydrogen-bond donors (Lipinski definition) is 2. The summed E-state index contributed by atoms with van der Waals surface area (Å²) in [5.41, 5.74) is 4.75. The highest BCUT2D eigenvalue weighted by molar-refractivity contribution is 5.81. The molecule has 0 aromatic carbocycles. The number of aliphatic hydroxyl groups is 1. The second kappa shape index (κ2) is 8.54. The molecule has 9 nitrogen and oxygen atoms in total. The van der Waals surface area contributed by atoms with Gasteiger partial charge < -0.3 is 20.3 Å². The molecule has 0 spiro atoms. The Morgan fingerprint density at radius 2 is 2.09 bits per heavy atom. The molecule has 0 radical (unpaired) electrons. The third kappa shape index (κ3) is 4.27. The fraction of sp³-hybridized carbons (Fsp3) is 0.652. The first-order valence-electron chi connectivity index (χ1n) is 11.2. The molecule has 2 aromatic rings. The van der Waals surface area contributed by atoms with Gasteiger partial charge in [0.15, 0.2) is 22.6 Å². The van der Waals surface area contributed by atoms with Gasteiger partial charge in [0.05, 0.1) is 18.9 Å². The average molecular weight is 460 g/mol. The van der Waals surface area contributed by atoms with Crippen LogP contribution in [0.15, 0.2) is 6.33 Å². The lowest BCUT2D eigenvalue weighted by molar-refractivity contribution is -0.165. The van der Waals surface area contributed by atoms with Crippen molar-refractivity contribution in [3.05, 3.63) is 12.4 Å². The SMILES string of the molecule is C#CC1(CO)OC(n2cnc3c(N)nc(F)nc32)CC1OC(=O)C1CCC(C(C)(C)C)CC1. The lowest BCUT2D eigenvalue weighted by atomic mass is 9.70. The van der Waals surface area contributed by atoms with Gasteiger partial charge in [0.1, 0.15) is 12.3 Å². The number of hydrogen-bond acceptors (Lipinski definition) is 8. The second-order valence-electron chi connectivity index (χ2n) is 10.0. The van der Waals surface area contributed by atoms with Crippen molar-refractivity contribution < 1.29 is 23.8 Å². The number of nitrogens with zero attached hydrogens (tertiary/aromatic N) is 4. The fourth-order valence-corrected chi connectivity index (χ4v) is 4.92. The summed E-state index contributed by atoms with van der Waals surface area (Å²) in [6, 6.07) is 0. The van der Waals surface area contributed by atoms with E-state index in [0.29, 0.717) is 5.92 Å². The normalized spacial score (nSPS) is 30.3. The Balaban J connectivity index is 1.52. The van der Waals surface area contributed by atoms with Crippen molar-refractivity contribution >= 4 is 23.0 Å². The molecule has 178 valence electrons. The van der Waals surface area contributed by atoms with Gasteiger partial charge in [-0.3, -0.25) is 9.36 Å². The van der Waals surface area contributed by atoms with Crippen LogP contribution in [0.2, 0.25) is 0 Å². The van der Waals surface area contributed by atoms with Crippen molar-refractivity contribution in [3.8, 4) is 12.3 Å². The topological polar surface area (TPSA) is 125 Å². The van der Waals surface area contributed by atoms with Crippen LogP contribution in [0, 0.1) is 35.7 Å². The van der Waals surface area contributed by atoms with Crippen molar-refractivity contribution in [2.45, 2.75) is 70.8 Å². The maximum absolute atomic E-state index is 13.8. The molecule has 2 aromatic heterocycles. The maximum atomic E-state index is 13.8. The molecule has 4 rings (SSSR count). The smallest absolute Gasteiger partial charge is 0.312 e. The predicted octanol–water partition coefficient (Wildman–Crippen LogP) is 2.60.